The summed E-state index contributed by atoms with van der Waals surface area (Å²) < 4.78 is 0.835. The molecule has 0 radical (unpaired) electrons. The molecule has 0 atom stereocenters. The number of nitrogens with two attached hydrogens (primary N) is 1. The van der Waals surface area contributed by atoms with Crippen molar-refractivity contribution in [2.75, 3.05) is 11.1 Å². The number of hydrogen-bond acceptors (Lipinski definition) is 7. The van der Waals surface area contributed by atoms with Crippen molar-refractivity contribution in [3.63, 3.8) is 0 Å². The first-order valence-electron chi connectivity index (χ1n) is 7.20. The van der Waals surface area contributed by atoms with Gasteiger partial charge in [0.1, 0.15) is 0 Å². The van der Waals surface area contributed by atoms with E-state index in [4.69, 9.17) is 5.73 Å². The summed E-state index contributed by atoms with van der Waals surface area (Å²) in [6.45, 7) is 1.81. The molecule has 0 aliphatic heterocycles. The number of anilines is 1. The normalized spacial score (nSPS) is 10.6. The van der Waals surface area contributed by atoms with Gasteiger partial charge in [-0.25, -0.2) is 4.98 Å². The van der Waals surface area contributed by atoms with Crippen LogP contribution < -0.4 is 11.1 Å². The van der Waals surface area contributed by atoms with E-state index in [2.05, 4.69) is 20.5 Å². The molecular formula is C15H14N6O2S2. The van der Waals surface area contributed by atoms with Gasteiger partial charge in [0.15, 0.2) is 10.8 Å². The first-order chi connectivity index (χ1) is 12.0. The largest absolute Gasteiger partial charge is 0.369 e. The molecule has 0 spiro atoms. The number of benzene rings is 1. The van der Waals surface area contributed by atoms with Crippen molar-refractivity contribution in [2.24, 2.45) is 5.73 Å². The number of carbonyl (C=O) groups is 2. The third-order valence-corrected chi connectivity index (χ3v) is 5.49. The fourth-order valence-electron chi connectivity index (χ4n) is 1.92. The third-order valence-electron chi connectivity index (χ3n) is 3.03. The maximum Gasteiger partial charge on any atom is 0.279 e. The summed E-state index contributed by atoms with van der Waals surface area (Å²) >= 11 is 2.58. The Morgan fingerprint density at radius 3 is 2.80 bits per heavy atom. The SMILES string of the molecule is Cc1nc(NC(=O)c2cnn(-c3ccccc3)n2)sc1SCC(N)=O. The fraction of sp³-hybridized carbons (Fsp3) is 0.133. The lowest BCUT2D eigenvalue weighted by Gasteiger charge is -1.98. The number of rotatable bonds is 6. The molecule has 8 nitrogen and oxygen atoms in total. The summed E-state index contributed by atoms with van der Waals surface area (Å²) in [5, 5.41) is 11.4. The van der Waals surface area contributed by atoms with Crippen LogP contribution >= 0.6 is 23.1 Å². The lowest BCUT2D eigenvalue weighted by atomic mass is 10.3. The van der Waals surface area contributed by atoms with Crippen LogP contribution in [0.1, 0.15) is 16.2 Å². The maximum absolute atomic E-state index is 12.3. The van der Waals surface area contributed by atoms with Gasteiger partial charge in [0.2, 0.25) is 5.91 Å². The van der Waals surface area contributed by atoms with Crippen LogP contribution in [0.4, 0.5) is 5.13 Å². The van der Waals surface area contributed by atoms with E-state index in [1.807, 2.05) is 30.3 Å². The van der Waals surface area contributed by atoms with Gasteiger partial charge in [0.25, 0.3) is 5.91 Å². The molecule has 3 N–H and O–H groups in total. The van der Waals surface area contributed by atoms with Crippen molar-refractivity contribution < 1.29 is 9.59 Å². The van der Waals surface area contributed by atoms with E-state index >= 15 is 0 Å². The Kier molecular flexibility index (Phi) is 5.10. The van der Waals surface area contributed by atoms with E-state index in [9.17, 15) is 9.59 Å². The number of aromatic nitrogens is 4. The second kappa shape index (κ2) is 7.45. The number of thiazole rings is 1. The maximum atomic E-state index is 12.3. The molecule has 2 aromatic heterocycles. The number of primary amides is 1. The molecule has 3 aromatic rings. The van der Waals surface area contributed by atoms with Crippen LogP contribution in [-0.2, 0) is 4.79 Å². The Balaban J connectivity index is 1.70. The topological polar surface area (TPSA) is 116 Å². The summed E-state index contributed by atoms with van der Waals surface area (Å²) in [5.41, 5.74) is 6.82. The minimum atomic E-state index is -0.402. The minimum absolute atomic E-state index is 0.168. The number of para-hydroxylation sites is 1. The summed E-state index contributed by atoms with van der Waals surface area (Å²) in [7, 11) is 0. The molecule has 128 valence electrons. The number of thioether (sulfide) groups is 1. The number of nitrogens with one attached hydrogen (secondary N) is 1. The minimum Gasteiger partial charge on any atom is -0.369 e. The second-order valence-electron chi connectivity index (χ2n) is 4.96. The average Bonchev–Trinajstić information content (AvgIpc) is 3.21. The van der Waals surface area contributed by atoms with E-state index in [1.54, 1.807) is 6.92 Å². The van der Waals surface area contributed by atoms with Gasteiger partial charge in [0, 0.05) is 0 Å². The quantitative estimate of drug-likeness (QED) is 0.636. The molecule has 3 rings (SSSR count). The number of carbonyl (C=O) groups excluding carboxylic acids is 2. The number of nitrogens with zero attached hydrogens (tertiary/aromatic N) is 4. The molecule has 0 saturated carbocycles. The monoisotopic (exact) mass is 374 g/mol. The lowest BCUT2D eigenvalue weighted by Crippen LogP contribution is -2.13. The van der Waals surface area contributed by atoms with Gasteiger partial charge in [-0.2, -0.15) is 9.90 Å². The van der Waals surface area contributed by atoms with Crippen molar-refractivity contribution in [1.82, 2.24) is 20.0 Å². The van der Waals surface area contributed by atoms with Crippen molar-refractivity contribution in [1.29, 1.82) is 0 Å². The molecule has 10 heteroatoms. The Labute approximate surface area is 151 Å². The Hall–Kier alpha value is -2.72. The zero-order valence-electron chi connectivity index (χ0n) is 13.2. The molecule has 1 aromatic carbocycles. The van der Waals surface area contributed by atoms with Gasteiger partial charge in [-0.15, -0.1) is 16.9 Å². The van der Waals surface area contributed by atoms with Gasteiger partial charge >= 0.3 is 0 Å². The van der Waals surface area contributed by atoms with Crippen molar-refractivity contribution >= 4 is 40.0 Å². The Bertz CT molecular complexity index is 906. The summed E-state index contributed by atoms with van der Waals surface area (Å²) in [6.07, 6.45) is 1.39. The first kappa shape index (κ1) is 17.1. The average molecular weight is 374 g/mol. The van der Waals surface area contributed by atoms with E-state index < -0.39 is 11.8 Å². The number of hydrogen-bond donors (Lipinski definition) is 2. The van der Waals surface area contributed by atoms with Crippen molar-refractivity contribution in [2.45, 2.75) is 11.1 Å². The van der Waals surface area contributed by atoms with Crippen LogP contribution in [0.2, 0.25) is 0 Å². The Morgan fingerprint density at radius 1 is 1.32 bits per heavy atom. The molecule has 0 unspecified atom stereocenters. The predicted molar refractivity (Wildman–Crippen MR) is 96.1 cm³/mol. The highest BCUT2D eigenvalue weighted by atomic mass is 32.2. The second-order valence-corrected chi connectivity index (χ2v) is 7.20. The zero-order chi connectivity index (χ0) is 17.8. The molecule has 0 saturated heterocycles. The van der Waals surface area contributed by atoms with E-state index in [0.29, 0.717) is 5.13 Å². The summed E-state index contributed by atoms with van der Waals surface area (Å²) in [5.74, 6) is -0.634. The van der Waals surface area contributed by atoms with Gasteiger partial charge in [-0.1, -0.05) is 29.5 Å². The van der Waals surface area contributed by atoms with E-state index in [0.717, 1.165) is 15.6 Å². The van der Waals surface area contributed by atoms with Crippen LogP contribution in [0.15, 0.2) is 40.7 Å². The standard InChI is InChI=1S/C15H14N6O2S2/c1-9-14(24-8-12(16)22)25-15(18-9)19-13(23)11-7-17-21(20-11)10-5-3-2-4-6-10/h2-7H,8H2,1H3,(H2,16,22)(H,18,19,23). The van der Waals surface area contributed by atoms with Gasteiger partial charge in [-0.05, 0) is 19.1 Å². The summed E-state index contributed by atoms with van der Waals surface area (Å²) in [4.78, 5) is 28.8. The Morgan fingerprint density at radius 2 is 2.08 bits per heavy atom. The molecule has 2 heterocycles. The smallest absolute Gasteiger partial charge is 0.279 e. The molecule has 2 amide bonds. The van der Waals surface area contributed by atoms with E-state index in [-0.39, 0.29) is 11.4 Å². The van der Waals surface area contributed by atoms with Crippen LogP contribution in [0.25, 0.3) is 5.69 Å². The van der Waals surface area contributed by atoms with Crippen LogP contribution in [0.5, 0.6) is 0 Å². The fourth-order valence-corrected chi connectivity index (χ4v) is 3.79. The van der Waals surface area contributed by atoms with E-state index in [1.165, 1.54) is 34.1 Å². The van der Waals surface area contributed by atoms with Crippen molar-refractivity contribution in [3.05, 3.63) is 47.9 Å². The molecule has 25 heavy (non-hydrogen) atoms. The number of aryl methyl sites for hydroxylation is 1. The lowest BCUT2D eigenvalue weighted by molar-refractivity contribution is -0.115. The number of amides is 2. The van der Waals surface area contributed by atoms with Crippen LogP contribution in [-0.4, -0.2) is 37.5 Å². The predicted octanol–water partition coefficient (Wildman–Crippen LogP) is 1.86. The highest BCUT2D eigenvalue weighted by Gasteiger charge is 2.15. The molecule has 0 bridgehead atoms. The molecule has 0 aliphatic carbocycles. The van der Waals surface area contributed by atoms with Crippen LogP contribution in [0.3, 0.4) is 0 Å². The van der Waals surface area contributed by atoms with Gasteiger partial charge in [0.05, 0.1) is 27.5 Å². The van der Waals surface area contributed by atoms with Crippen LogP contribution in [0, 0.1) is 6.92 Å². The van der Waals surface area contributed by atoms with Gasteiger partial charge in [-0.3, -0.25) is 14.9 Å². The highest BCUT2D eigenvalue weighted by Crippen LogP contribution is 2.31. The van der Waals surface area contributed by atoms with Crippen molar-refractivity contribution in [3.8, 4) is 5.69 Å². The third kappa shape index (κ3) is 4.22. The first-order valence-corrected chi connectivity index (χ1v) is 9.01. The molecular weight excluding hydrogens is 360 g/mol. The van der Waals surface area contributed by atoms with Gasteiger partial charge < -0.3 is 5.73 Å². The summed E-state index contributed by atoms with van der Waals surface area (Å²) in [6, 6.07) is 9.30. The highest BCUT2D eigenvalue weighted by molar-refractivity contribution is 8.01. The molecule has 0 fully saturated rings. The zero-order valence-corrected chi connectivity index (χ0v) is 14.8. The molecule has 0 aliphatic rings.